The Morgan fingerprint density at radius 1 is 1.04 bits per heavy atom. The van der Waals surface area contributed by atoms with E-state index in [1.807, 2.05) is 60.7 Å². The van der Waals surface area contributed by atoms with Gasteiger partial charge in [0.15, 0.2) is 0 Å². The standard InChI is InChI=1S/C18H17N3O2/c22-12-11-19-18(23)16-13-21(15-9-5-2-6-10-15)20-17(16)14-7-3-1-4-8-14/h1-10,13,22H,11-12H2,(H,19,23). The molecule has 0 aliphatic carbocycles. The van der Waals surface area contributed by atoms with E-state index in [1.54, 1.807) is 10.9 Å². The van der Waals surface area contributed by atoms with Crippen molar-refractivity contribution < 1.29 is 9.90 Å². The number of benzene rings is 2. The molecule has 0 unspecified atom stereocenters. The van der Waals surface area contributed by atoms with Crippen molar-refractivity contribution in [1.82, 2.24) is 15.1 Å². The van der Waals surface area contributed by atoms with Crippen molar-refractivity contribution in [2.45, 2.75) is 0 Å². The first-order valence-electron chi connectivity index (χ1n) is 7.39. The predicted octanol–water partition coefficient (Wildman–Crippen LogP) is 2.26. The van der Waals surface area contributed by atoms with Crippen LogP contribution in [0.4, 0.5) is 0 Å². The molecule has 0 fully saturated rings. The molecule has 0 spiro atoms. The van der Waals surface area contributed by atoms with Crippen molar-refractivity contribution >= 4 is 5.91 Å². The maximum atomic E-state index is 12.4. The van der Waals surface area contributed by atoms with E-state index >= 15 is 0 Å². The van der Waals surface area contributed by atoms with E-state index < -0.39 is 0 Å². The summed E-state index contributed by atoms with van der Waals surface area (Å²) < 4.78 is 1.69. The third-order valence-electron chi connectivity index (χ3n) is 3.42. The van der Waals surface area contributed by atoms with Gasteiger partial charge < -0.3 is 10.4 Å². The number of aliphatic hydroxyl groups excluding tert-OH is 1. The van der Waals surface area contributed by atoms with Crippen molar-refractivity contribution in [3.8, 4) is 16.9 Å². The average Bonchev–Trinajstić information content (AvgIpc) is 3.07. The van der Waals surface area contributed by atoms with Crippen molar-refractivity contribution in [3.63, 3.8) is 0 Å². The third kappa shape index (κ3) is 3.30. The summed E-state index contributed by atoms with van der Waals surface area (Å²) >= 11 is 0. The molecule has 5 nitrogen and oxygen atoms in total. The second kappa shape index (κ2) is 6.89. The number of aromatic nitrogens is 2. The predicted molar refractivity (Wildman–Crippen MR) is 88.4 cm³/mol. The zero-order valence-electron chi connectivity index (χ0n) is 12.5. The Bertz CT molecular complexity index is 783. The van der Waals surface area contributed by atoms with E-state index in [9.17, 15) is 4.79 Å². The molecule has 2 N–H and O–H groups in total. The van der Waals surface area contributed by atoms with Gasteiger partial charge in [-0.15, -0.1) is 0 Å². The Kier molecular flexibility index (Phi) is 4.49. The van der Waals surface area contributed by atoms with Gasteiger partial charge >= 0.3 is 0 Å². The van der Waals surface area contributed by atoms with Crippen molar-refractivity contribution in [2.24, 2.45) is 0 Å². The van der Waals surface area contributed by atoms with Crippen LogP contribution in [-0.2, 0) is 0 Å². The van der Waals surface area contributed by atoms with E-state index in [1.165, 1.54) is 0 Å². The number of rotatable bonds is 5. The highest BCUT2D eigenvalue weighted by Gasteiger charge is 2.18. The number of hydrogen-bond donors (Lipinski definition) is 2. The van der Waals surface area contributed by atoms with Crippen LogP contribution in [0.25, 0.3) is 16.9 Å². The van der Waals surface area contributed by atoms with Crippen LogP contribution in [0.2, 0.25) is 0 Å². The molecule has 5 heteroatoms. The molecule has 1 aromatic heterocycles. The smallest absolute Gasteiger partial charge is 0.255 e. The summed E-state index contributed by atoms with van der Waals surface area (Å²) in [7, 11) is 0. The lowest BCUT2D eigenvalue weighted by Gasteiger charge is -2.03. The highest BCUT2D eigenvalue weighted by atomic mass is 16.3. The van der Waals surface area contributed by atoms with Crippen LogP contribution in [0.1, 0.15) is 10.4 Å². The van der Waals surface area contributed by atoms with Crippen LogP contribution >= 0.6 is 0 Å². The molecule has 0 aliphatic heterocycles. The van der Waals surface area contributed by atoms with Gasteiger partial charge in [0.05, 0.1) is 17.9 Å². The Morgan fingerprint density at radius 2 is 1.70 bits per heavy atom. The number of para-hydroxylation sites is 1. The summed E-state index contributed by atoms with van der Waals surface area (Å²) in [6, 6.07) is 19.2. The molecule has 0 saturated carbocycles. The zero-order valence-corrected chi connectivity index (χ0v) is 12.5. The number of carbonyl (C=O) groups excluding carboxylic acids is 1. The van der Waals surface area contributed by atoms with E-state index in [-0.39, 0.29) is 19.1 Å². The van der Waals surface area contributed by atoms with Crippen LogP contribution in [-0.4, -0.2) is 33.9 Å². The van der Waals surface area contributed by atoms with Gasteiger partial charge in [0, 0.05) is 18.3 Å². The first-order chi connectivity index (χ1) is 11.3. The topological polar surface area (TPSA) is 67.2 Å². The molecule has 1 amide bonds. The molecule has 3 rings (SSSR count). The maximum absolute atomic E-state index is 12.4. The number of hydrogen-bond acceptors (Lipinski definition) is 3. The Hall–Kier alpha value is -2.92. The van der Waals surface area contributed by atoms with Gasteiger partial charge in [-0.2, -0.15) is 5.10 Å². The molecule has 2 aromatic carbocycles. The zero-order chi connectivity index (χ0) is 16.1. The van der Waals surface area contributed by atoms with Crippen LogP contribution in [0.3, 0.4) is 0 Å². The summed E-state index contributed by atoms with van der Waals surface area (Å²) in [6.45, 7) is 0.114. The molecule has 0 radical (unpaired) electrons. The second-order valence-corrected chi connectivity index (χ2v) is 5.02. The SMILES string of the molecule is O=C(NCCO)c1cn(-c2ccccc2)nc1-c1ccccc1. The monoisotopic (exact) mass is 307 g/mol. The molecule has 0 saturated heterocycles. The average molecular weight is 307 g/mol. The van der Waals surface area contributed by atoms with Crippen molar-refractivity contribution in [2.75, 3.05) is 13.2 Å². The van der Waals surface area contributed by atoms with Crippen LogP contribution in [0, 0.1) is 0 Å². The van der Waals surface area contributed by atoms with Crippen LogP contribution in [0.5, 0.6) is 0 Å². The van der Waals surface area contributed by atoms with Crippen LogP contribution in [0.15, 0.2) is 66.9 Å². The van der Waals surface area contributed by atoms with E-state index in [0.29, 0.717) is 11.3 Å². The largest absolute Gasteiger partial charge is 0.395 e. The van der Waals surface area contributed by atoms with Gasteiger partial charge in [-0.25, -0.2) is 4.68 Å². The van der Waals surface area contributed by atoms with Gasteiger partial charge in [-0.1, -0.05) is 48.5 Å². The normalized spacial score (nSPS) is 10.5. The van der Waals surface area contributed by atoms with E-state index in [0.717, 1.165) is 11.3 Å². The summed E-state index contributed by atoms with van der Waals surface area (Å²) in [5.41, 5.74) is 2.85. The molecule has 0 atom stereocenters. The number of nitrogens with zero attached hydrogens (tertiary/aromatic N) is 2. The fourth-order valence-electron chi connectivity index (χ4n) is 2.33. The second-order valence-electron chi connectivity index (χ2n) is 5.02. The molecule has 1 heterocycles. The van der Waals surface area contributed by atoms with Gasteiger partial charge in [-0.05, 0) is 12.1 Å². The molecular weight excluding hydrogens is 290 g/mol. The fraction of sp³-hybridized carbons (Fsp3) is 0.111. The summed E-state index contributed by atoms with van der Waals surface area (Å²) in [4.78, 5) is 12.4. The van der Waals surface area contributed by atoms with E-state index in [2.05, 4.69) is 10.4 Å². The first-order valence-corrected chi connectivity index (χ1v) is 7.39. The molecular formula is C18H17N3O2. The highest BCUT2D eigenvalue weighted by molar-refractivity contribution is 5.99. The number of carbonyl (C=O) groups is 1. The maximum Gasteiger partial charge on any atom is 0.255 e. The number of amides is 1. The molecule has 23 heavy (non-hydrogen) atoms. The van der Waals surface area contributed by atoms with E-state index in [4.69, 9.17) is 5.11 Å². The highest BCUT2D eigenvalue weighted by Crippen LogP contribution is 2.23. The molecule has 0 aliphatic rings. The Morgan fingerprint density at radius 3 is 2.35 bits per heavy atom. The minimum atomic E-state index is -0.250. The van der Waals surface area contributed by atoms with Gasteiger partial charge in [-0.3, -0.25) is 4.79 Å². The summed E-state index contributed by atoms with van der Waals surface area (Å²) in [5.74, 6) is -0.250. The van der Waals surface area contributed by atoms with Gasteiger partial charge in [0.1, 0.15) is 5.69 Å². The quantitative estimate of drug-likeness (QED) is 0.760. The Labute approximate surface area is 134 Å². The lowest BCUT2D eigenvalue weighted by molar-refractivity contribution is 0.0945. The minimum absolute atomic E-state index is 0.0980. The van der Waals surface area contributed by atoms with Crippen molar-refractivity contribution in [1.29, 1.82) is 0 Å². The molecule has 116 valence electrons. The van der Waals surface area contributed by atoms with Crippen LogP contribution < -0.4 is 5.32 Å². The summed E-state index contributed by atoms with van der Waals surface area (Å²) in [5, 5.41) is 16.2. The number of nitrogens with one attached hydrogen (secondary N) is 1. The lowest BCUT2D eigenvalue weighted by Crippen LogP contribution is -2.26. The van der Waals surface area contributed by atoms with Gasteiger partial charge in [0.25, 0.3) is 5.91 Å². The van der Waals surface area contributed by atoms with Crippen molar-refractivity contribution in [3.05, 3.63) is 72.4 Å². The minimum Gasteiger partial charge on any atom is -0.395 e. The third-order valence-corrected chi connectivity index (χ3v) is 3.42. The van der Waals surface area contributed by atoms with Gasteiger partial charge in [0.2, 0.25) is 0 Å². The fourth-order valence-corrected chi connectivity index (χ4v) is 2.33. The number of aliphatic hydroxyl groups is 1. The lowest BCUT2D eigenvalue weighted by atomic mass is 10.1. The molecule has 3 aromatic rings. The first kappa shape index (κ1) is 15.0. The Balaban J connectivity index is 2.05. The summed E-state index contributed by atoms with van der Waals surface area (Å²) in [6.07, 6.45) is 1.71. The molecule has 0 bridgehead atoms.